The molecule has 1 fully saturated rings. The minimum absolute atomic E-state index is 0.487. The van der Waals surface area contributed by atoms with Gasteiger partial charge < -0.3 is 20.1 Å². The Balaban J connectivity index is 2.53. The van der Waals surface area contributed by atoms with Gasteiger partial charge in [-0.1, -0.05) is 0 Å². The summed E-state index contributed by atoms with van der Waals surface area (Å²) in [6.45, 7) is -0.487. The topological polar surface area (TPSA) is 69.9 Å². The van der Waals surface area contributed by atoms with E-state index in [9.17, 15) is 4.39 Å². The summed E-state index contributed by atoms with van der Waals surface area (Å²) in [6, 6.07) is 0. The fraction of sp³-hybridized carbons (Fsp3) is 1.00. The fourth-order valence-electron chi connectivity index (χ4n) is 0.854. The zero-order valence-electron chi connectivity index (χ0n) is 5.14. The Morgan fingerprint density at radius 2 is 1.90 bits per heavy atom. The van der Waals surface area contributed by atoms with Crippen LogP contribution in [0.2, 0.25) is 0 Å². The maximum absolute atomic E-state index is 12.3. The fourth-order valence-corrected chi connectivity index (χ4v) is 0.854. The van der Waals surface area contributed by atoms with Crippen LogP contribution in [0.3, 0.4) is 0 Å². The van der Waals surface area contributed by atoms with Gasteiger partial charge >= 0.3 is 0 Å². The quantitative estimate of drug-likeness (QED) is 0.423. The van der Waals surface area contributed by atoms with Crippen molar-refractivity contribution >= 4 is 0 Å². The van der Waals surface area contributed by atoms with E-state index in [1.165, 1.54) is 0 Å². The SMILES string of the molecule is OC[C@H]1O[C@H](F)C(O)C1O. The molecule has 0 aromatic rings. The highest BCUT2D eigenvalue weighted by Crippen LogP contribution is 2.21. The molecule has 2 unspecified atom stereocenters. The highest BCUT2D eigenvalue weighted by atomic mass is 19.1. The molecule has 0 saturated carbocycles. The Morgan fingerprint density at radius 3 is 2.10 bits per heavy atom. The molecule has 0 aromatic carbocycles. The summed E-state index contributed by atoms with van der Waals surface area (Å²) in [4.78, 5) is 0. The number of halogens is 1. The van der Waals surface area contributed by atoms with Crippen LogP contribution in [0.15, 0.2) is 0 Å². The number of hydrogen-bond acceptors (Lipinski definition) is 4. The second-order valence-electron chi connectivity index (χ2n) is 2.19. The first-order chi connectivity index (χ1) is 4.66. The number of alkyl halides is 1. The zero-order valence-corrected chi connectivity index (χ0v) is 5.14. The molecule has 4 atom stereocenters. The van der Waals surface area contributed by atoms with E-state index in [1.54, 1.807) is 0 Å². The molecule has 0 radical (unpaired) electrons. The first-order valence-electron chi connectivity index (χ1n) is 2.93. The third-order valence-corrected chi connectivity index (χ3v) is 1.48. The highest BCUT2D eigenvalue weighted by Gasteiger charge is 2.42. The third-order valence-electron chi connectivity index (χ3n) is 1.48. The van der Waals surface area contributed by atoms with Gasteiger partial charge in [-0.2, -0.15) is 0 Å². The molecule has 3 N–H and O–H groups in total. The van der Waals surface area contributed by atoms with Crippen LogP contribution in [-0.4, -0.2) is 46.6 Å². The van der Waals surface area contributed by atoms with Crippen molar-refractivity contribution in [1.29, 1.82) is 0 Å². The zero-order chi connectivity index (χ0) is 7.72. The standard InChI is InChI=1S/C5H9FO4/c6-5-4(9)3(8)2(1-7)10-5/h2-5,7-9H,1H2/t2-,3?,4?,5+/m1/s1. The van der Waals surface area contributed by atoms with Crippen molar-refractivity contribution in [1.82, 2.24) is 0 Å². The maximum Gasteiger partial charge on any atom is 0.228 e. The molecule has 60 valence electrons. The predicted octanol–water partition coefficient (Wildman–Crippen LogP) is -1.61. The van der Waals surface area contributed by atoms with Crippen LogP contribution in [0.1, 0.15) is 0 Å². The summed E-state index contributed by atoms with van der Waals surface area (Å²) >= 11 is 0. The largest absolute Gasteiger partial charge is 0.394 e. The van der Waals surface area contributed by atoms with E-state index in [0.29, 0.717) is 0 Å². The molecular weight excluding hydrogens is 143 g/mol. The van der Waals surface area contributed by atoms with Crippen LogP contribution in [-0.2, 0) is 4.74 Å². The molecule has 0 aliphatic carbocycles. The van der Waals surface area contributed by atoms with Gasteiger partial charge in [-0.25, -0.2) is 4.39 Å². The minimum atomic E-state index is -1.88. The van der Waals surface area contributed by atoms with Crippen LogP contribution >= 0.6 is 0 Å². The Bertz CT molecular complexity index is 120. The van der Waals surface area contributed by atoms with Crippen molar-refractivity contribution in [2.45, 2.75) is 24.7 Å². The van der Waals surface area contributed by atoms with Crippen molar-refractivity contribution < 1.29 is 24.4 Å². The van der Waals surface area contributed by atoms with Crippen molar-refractivity contribution in [3.8, 4) is 0 Å². The van der Waals surface area contributed by atoms with E-state index >= 15 is 0 Å². The monoisotopic (exact) mass is 152 g/mol. The second-order valence-corrected chi connectivity index (χ2v) is 2.19. The van der Waals surface area contributed by atoms with Gasteiger partial charge in [-0.05, 0) is 0 Å². The van der Waals surface area contributed by atoms with Gasteiger partial charge in [0.15, 0.2) is 0 Å². The average Bonchev–Trinajstić information content (AvgIpc) is 2.17. The molecule has 1 rings (SSSR count). The van der Waals surface area contributed by atoms with Crippen molar-refractivity contribution in [2.75, 3.05) is 6.61 Å². The summed E-state index contributed by atoms with van der Waals surface area (Å²) in [7, 11) is 0. The maximum atomic E-state index is 12.3. The smallest absolute Gasteiger partial charge is 0.228 e. The lowest BCUT2D eigenvalue weighted by atomic mass is 10.1. The summed E-state index contributed by atoms with van der Waals surface area (Å²) in [6.07, 6.45) is -5.73. The summed E-state index contributed by atoms with van der Waals surface area (Å²) in [5.74, 6) is 0. The van der Waals surface area contributed by atoms with E-state index in [2.05, 4.69) is 4.74 Å². The van der Waals surface area contributed by atoms with Gasteiger partial charge in [0.2, 0.25) is 6.36 Å². The van der Waals surface area contributed by atoms with Crippen molar-refractivity contribution in [3.05, 3.63) is 0 Å². The third kappa shape index (κ3) is 1.13. The summed E-state index contributed by atoms with van der Waals surface area (Å²) in [5, 5.41) is 26.0. The molecule has 0 amide bonds. The Labute approximate surface area is 56.9 Å². The molecular formula is C5H9FO4. The summed E-state index contributed by atoms with van der Waals surface area (Å²) < 4.78 is 16.6. The van der Waals surface area contributed by atoms with E-state index in [-0.39, 0.29) is 0 Å². The second kappa shape index (κ2) is 2.79. The molecule has 10 heavy (non-hydrogen) atoms. The van der Waals surface area contributed by atoms with Crippen LogP contribution < -0.4 is 0 Å². The Morgan fingerprint density at radius 1 is 1.30 bits per heavy atom. The first kappa shape index (κ1) is 7.87. The average molecular weight is 152 g/mol. The van der Waals surface area contributed by atoms with Gasteiger partial charge in [0.05, 0.1) is 6.61 Å². The molecule has 0 bridgehead atoms. The van der Waals surface area contributed by atoms with E-state index in [1.807, 2.05) is 0 Å². The van der Waals surface area contributed by atoms with Crippen molar-refractivity contribution in [2.24, 2.45) is 0 Å². The first-order valence-corrected chi connectivity index (χ1v) is 2.93. The normalized spacial score (nSPS) is 48.0. The number of rotatable bonds is 1. The molecule has 1 aliphatic heterocycles. The van der Waals surface area contributed by atoms with E-state index < -0.39 is 31.3 Å². The van der Waals surface area contributed by atoms with Gasteiger partial charge in [0.1, 0.15) is 18.3 Å². The molecule has 1 heterocycles. The molecule has 1 aliphatic rings. The molecule has 1 saturated heterocycles. The molecule has 5 heteroatoms. The lowest BCUT2D eigenvalue weighted by molar-refractivity contribution is -0.0822. The van der Waals surface area contributed by atoms with Crippen molar-refractivity contribution in [3.63, 3.8) is 0 Å². The Hall–Kier alpha value is -0.230. The molecule has 4 nitrogen and oxygen atoms in total. The van der Waals surface area contributed by atoms with Gasteiger partial charge in [-0.15, -0.1) is 0 Å². The lowest BCUT2D eigenvalue weighted by Crippen LogP contribution is -2.32. The number of aliphatic hydroxyl groups excluding tert-OH is 3. The number of aliphatic hydroxyl groups is 3. The highest BCUT2D eigenvalue weighted by molar-refractivity contribution is 4.85. The minimum Gasteiger partial charge on any atom is -0.394 e. The Kier molecular flexibility index (Phi) is 2.20. The van der Waals surface area contributed by atoms with E-state index in [4.69, 9.17) is 15.3 Å². The predicted molar refractivity (Wildman–Crippen MR) is 28.9 cm³/mol. The summed E-state index contributed by atoms with van der Waals surface area (Å²) in [5.41, 5.74) is 0. The van der Waals surface area contributed by atoms with Gasteiger partial charge in [-0.3, -0.25) is 0 Å². The van der Waals surface area contributed by atoms with Gasteiger partial charge in [0, 0.05) is 0 Å². The van der Waals surface area contributed by atoms with Crippen LogP contribution in [0, 0.1) is 0 Å². The molecule has 0 spiro atoms. The van der Waals surface area contributed by atoms with Gasteiger partial charge in [0.25, 0.3) is 0 Å². The lowest BCUT2D eigenvalue weighted by Gasteiger charge is -2.09. The number of ether oxygens (including phenoxy) is 1. The number of hydrogen-bond donors (Lipinski definition) is 3. The van der Waals surface area contributed by atoms with Crippen LogP contribution in [0.5, 0.6) is 0 Å². The van der Waals surface area contributed by atoms with Crippen LogP contribution in [0.4, 0.5) is 4.39 Å². The van der Waals surface area contributed by atoms with Crippen LogP contribution in [0.25, 0.3) is 0 Å². The van der Waals surface area contributed by atoms with E-state index in [0.717, 1.165) is 0 Å². The molecule has 0 aromatic heterocycles.